The maximum atomic E-state index is 12.7. The highest BCUT2D eigenvalue weighted by Gasteiger charge is 2.57. The van der Waals surface area contributed by atoms with Gasteiger partial charge in [-0.3, -0.25) is 4.79 Å². The predicted molar refractivity (Wildman–Crippen MR) is 87.0 cm³/mol. The van der Waals surface area contributed by atoms with Crippen molar-refractivity contribution < 1.29 is 17.9 Å². The molecule has 3 rings (SSSR count). The van der Waals surface area contributed by atoms with Gasteiger partial charge in [0.25, 0.3) is 0 Å². The summed E-state index contributed by atoms with van der Waals surface area (Å²) in [5.74, 6) is 0.132. The van der Waals surface area contributed by atoms with Crippen molar-refractivity contribution in [1.29, 1.82) is 0 Å². The van der Waals surface area contributed by atoms with Crippen molar-refractivity contribution in [2.24, 2.45) is 11.7 Å². The number of benzene rings is 1. The van der Waals surface area contributed by atoms with Gasteiger partial charge < -0.3 is 15.8 Å². The Morgan fingerprint density at radius 2 is 1.96 bits per heavy atom. The van der Waals surface area contributed by atoms with E-state index in [-0.39, 0.29) is 35.6 Å². The van der Waals surface area contributed by atoms with Crippen LogP contribution in [0.4, 0.5) is 0 Å². The minimum absolute atomic E-state index is 0.0255. The minimum Gasteiger partial charge on any atom is -0.497 e. The monoisotopic (exact) mass is 338 g/mol. The molecule has 0 bridgehead atoms. The van der Waals surface area contributed by atoms with Gasteiger partial charge in [-0.1, -0.05) is 12.1 Å². The van der Waals surface area contributed by atoms with E-state index in [1.807, 2.05) is 24.3 Å². The molecule has 1 aromatic rings. The van der Waals surface area contributed by atoms with Crippen molar-refractivity contribution in [2.75, 3.05) is 12.9 Å². The Balaban J connectivity index is 1.94. The number of carbonyl (C=O) groups excluding carboxylic acids is 1. The Morgan fingerprint density at radius 1 is 1.30 bits per heavy atom. The largest absolute Gasteiger partial charge is 0.497 e. The molecule has 0 spiro atoms. The van der Waals surface area contributed by atoms with Gasteiger partial charge in [-0.05, 0) is 24.1 Å². The molecule has 1 heterocycles. The van der Waals surface area contributed by atoms with Gasteiger partial charge in [0.15, 0.2) is 9.84 Å². The summed E-state index contributed by atoms with van der Waals surface area (Å²) >= 11 is 0. The lowest BCUT2D eigenvalue weighted by Gasteiger charge is -2.21. The van der Waals surface area contributed by atoms with E-state index in [0.29, 0.717) is 6.42 Å². The summed E-state index contributed by atoms with van der Waals surface area (Å²) < 4.78 is 30.5. The third-order valence-corrected chi connectivity index (χ3v) is 7.32. The molecule has 23 heavy (non-hydrogen) atoms. The number of rotatable bonds is 3. The summed E-state index contributed by atoms with van der Waals surface area (Å²) in [4.78, 5) is 11.4. The van der Waals surface area contributed by atoms with Crippen LogP contribution in [-0.2, 0) is 14.6 Å². The molecule has 1 saturated heterocycles. The molecular formula is C16H22N2O4S. The van der Waals surface area contributed by atoms with Crippen molar-refractivity contribution in [2.45, 2.75) is 36.6 Å². The van der Waals surface area contributed by atoms with Gasteiger partial charge in [0, 0.05) is 30.8 Å². The standard InChI is InChI=1S/C16H22N2O4S/c1-9(19)18-14-8-23(20,21)16-12(7-13(17)15(14)16)10-3-5-11(22-2)6-4-10/h3-6,12-16H,7-8,17H2,1-2H3,(H,18,19)/t12-,13-,14+,15-,16-/m1/s1. The highest BCUT2D eigenvalue weighted by atomic mass is 32.2. The van der Waals surface area contributed by atoms with Crippen LogP contribution < -0.4 is 15.8 Å². The first-order valence-electron chi connectivity index (χ1n) is 7.71. The van der Waals surface area contributed by atoms with Crippen LogP contribution in [0, 0.1) is 5.92 Å². The van der Waals surface area contributed by atoms with Gasteiger partial charge in [-0.2, -0.15) is 0 Å². The van der Waals surface area contributed by atoms with Gasteiger partial charge in [0.2, 0.25) is 5.91 Å². The summed E-state index contributed by atoms with van der Waals surface area (Å²) in [7, 11) is -1.70. The molecule has 1 aromatic carbocycles. The average Bonchev–Trinajstić information content (AvgIpc) is 2.96. The summed E-state index contributed by atoms with van der Waals surface area (Å²) in [6.45, 7) is 1.40. The molecule has 5 atom stereocenters. The number of hydrogen-bond donors (Lipinski definition) is 2. The SMILES string of the molecule is COc1ccc([C@H]2C[C@@H](N)[C@H]3[C@@H]2S(=O)(=O)C[C@@H]3NC(C)=O)cc1. The van der Waals surface area contributed by atoms with Gasteiger partial charge in [0.05, 0.1) is 18.1 Å². The molecule has 126 valence electrons. The normalized spacial score (nSPS) is 34.8. The Labute approximate surface area is 136 Å². The van der Waals surface area contributed by atoms with Crippen LogP contribution in [0.5, 0.6) is 5.75 Å². The fourth-order valence-electron chi connectivity index (χ4n) is 4.16. The van der Waals surface area contributed by atoms with E-state index in [9.17, 15) is 13.2 Å². The maximum Gasteiger partial charge on any atom is 0.217 e. The fraction of sp³-hybridized carbons (Fsp3) is 0.562. The van der Waals surface area contributed by atoms with Crippen molar-refractivity contribution >= 4 is 15.7 Å². The van der Waals surface area contributed by atoms with Crippen LogP contribution in [0.2, 0.25) is 0 Å². The number of methoxy groups -OCH3 is 1. The smallest absolute Gasteiger partial charge is 0.217 e. The molecule has 1 saturated carbocycles. The summed E-state index contributed by atoms with van der Waals surface area (Å²) in [5.41, 5.74) is 7.21. The van der Waals surface area contributed by atoms with E-state index >= 15 is 0 Å². The molecule has 6 nitrogen and oxygen atoms in total. The molecule has 3 N–H and O–H groups in total. The summed E-state index contributed by atoms with van der Waals surface area (Å²) in [6, 6.07) is 6.85. The van der Waals surface area contributed by atoms with E-state index in [2.05, 4.69) is 5.32 Å². The highest BCUT2D eigenvalue weighted by molar-refractivity contribution is 7.92. The topological polar surface area (TPSA) is 98.5 Å². The third-order valence-electron chi connectivity index (χ3n) is 5.02. The highest BCUT2D eigenvalue weighted by Crippen LogP contribution is 2.48. The molecule has 2 fully saturated rings. The molecule has 1 amide bonds. The van der Waals surface area contributed by atoms with Crippen LogP contribution in [-0.4, -0.2) is 44.5 Å². The van der Waals surface area contributed by atoms with Gasteiger partial charge in [-0.25, -0.2) is 8.42 Å². The van der Waals surface area contributed by atoms with Gasteiger partial charge >= 0.3 is 0 Å². The number of nitrogens with one attached hydrogen (secondary N) is 1. The number of carbonyl (C=O) groups is 1. The molecule has 1 aliphatic carbocycles. The van der Waals surface area contributed by atoms with Gasteiger partial charge in [0.1, 0.15) is 5.75 Å². The van der Waals surface area contributed by atoms with Crippen molar-refractivity contribution in [3.63, 3.8) is 0 Å². The van der Waals surface area contributed by atoms with E-state index in [0.717, 1.165) is 11.3 Å². The van der Waals surface area contributed by atoms with Crippen LogP contribution in [0.15, 0.2) is 24.3 Å². The lowest BCUT2D eigenvalue weighted by molar-refractivity contribution is -0.119. The first-order valence-corrected chi connectivity index (χ1v) is 9.43. The number of sulfone groups is 1. The van der Waals surface area contributed by atoms with E-state index < -0.39 is 15.1 Å². The molecule has 7 heteroatoms. The number of hydrogen-bond acceptors (Lipinski definition) is 5. The molecule has 0 aromatic heterocycles. The summed E-state index contributed by atoms with van der Waals surface area (Å²) in [6.07, 6.45) is 0.608. The average molecular weight is 338 g/mol. The molecule has 0 radical (unpaired) electrons. The minimum atomic E-state index is -3.29. The van der Waals surface area contributed by atoms with Crippen LogP contribution in [0.1, 0.15) is 24.8 Å². The lowest BCUT2D eigenvalue weighted by atomic mass is 9.93. The van der Waals surface area contributed by atoms with E-state index in [4.69, 9.17) is 10.5 Å². The van der Waals surface area contributed by atoms with Crippen molar-refractivity contribution in [3.8, 4) is 5.75 Å². The zero-order valence-electron chi connectivity index (χ0n) is 13.2. The number of ether oxygens (including phenoxy) is 1. The second kappa shape index (κ2) is 5.79. The molecule has 1 aliphatic heterocycles. The molecular weight excluding hydrogens is 316 g/mol. The maximum absolute atomic E-state index is 12.7. The van der Waals surface area contributed by atoms with E-state index in [1.54, 1.807) is 7.11 Å². The van der Waals surface area contributed by atoms with Crippen LogP contribution in [0.25, 0.3) is 0 Å². The lowest BCUT2D eigenvalue weighted by Crippen LogP contribution is -2.45. The Hall–Kier alpha value is -1.60. The van der Waals surface area contributed by atoms with Gasteiger partial charge in [-0.15, -0.1) is 0 Å². The first kappa shape index (κ1) is 16.3. The predicted octanol–water partition coefficient (Wildman–Crippen LogP) is 0.428. The first-order chi connectivity index (χ1) is 10.8. The van der Waals surface area contributed by atoms with Crippen LogP contribution >= 0.6 is 0 Å². The van der Waals surface area contributed by atoms with E-state index in [1.165, 1.54) is 6.92 Å². The zero-order chi connectivity index (χ0) is 16.8. The fourth-order valence-corrected chi connectivity index (χ4v) is 6.83. The second-order valence-corrected chi connectivity index (χ2v) is 8.66. The van der Waals surface area contributed by atoms with Crippen molar-refractivity contribution in [1.82, 2.24) is 5.32 Å². The third kappa shape index (κ3) is 2.83. The van der Waals surface area contributed by atoms with Crippen molar-refractivity contribution in [3.05, 3.63) is 29.8 Å². The number of nitrogens with two attached hydrogens (primary N) is 1. The van der Waals surface area contributed by atoms with Crippen LogP contribution in [0.3, 0.4) is 0 Å². The second-order valence-electron chi connectivity index (χ2n) is 6.46. The zero-order valence-corrected chi connectivity index (χ0v) is 14.0. The summed E-state index contributed by atoms with van der Waals surface area (Å²) in [5, 5.41) is 2.25. The number of amides is 1. The molecule has 0 unspecified atom stereocenters. The quantitative estimate of drug-likeness (QED) is 0.833. The number of fused-ring (bicyclic) bond motifs is 1. The Kier molecular flexibility index (Phi) is 4.10. The molecule has 2 aliphatic rings. The Morgan fingerprint density at radius 3 is 2.52 bits per heavy atom. The Bertz CT molecular complexity index is 701.